The zero-order chi connectivity index (χ0) is 6.53. The van der Waals surface area contributed by atoms with E-state index < -0.39 is 0 Å². The quantitative estimate of drug-likeness (QED) is 0.585. The molecule has 0 aliphatic carbocycles. The molecule has 1 aromatic heterocycles. The Kier molecular flexibility index (Phi) is 2.22. The molecule has 1 N–H and O–H groups in total. The Labute approximate surface area is 54.9 Å². The second-order valence-electron chi connectivity index (χ2n) is 1.70. The first-order chi connectivity index (χ1) is 4.43. The van der Waals surface area contributed by atoms with Crippen LogP contribution in [0.4, 0.5) is 0 Å². The number of pyridine rings is 1. The van der Waals surface area contributed by atoms with Gasteiger partial charge in [0, 0.05) is 19.8 Å². The van der Waals surface area contributed by atoms with Crippen LogP contribution in [0.15, 0.2) is 24.4 Å². The van der Waals surface area contributed by atoms with E-state index in [1.54, 1.807) is 6.20 Å². The summed E-state index contributed by atoms with van der Waals surface area (Å²) in [5.41, 5.74) is 0.958. The summed E-state index contributed by atoms with van der Waals surface area (Å²) < 4.78 is 0. The van der Waals surface area contributed by atoms with Crippen LogP contribution in [0.1, 0.15) is 5.69 Å². The van der Waals surface area contributed by atoms with Gasteiger partial charge < -0.3 is 5.32 Å². The summed E-state index contributed by atoms with van der Waals surface area (Å²) in [6.45, 7) is 0.626. The maximum atomic E-state index is 5.07. The highest BCUT2D eigenvalue weighted by atomic mass is 14.8. The average molecular weight is 120 g/mol. The van der Waals surface area contributed by atoms with Crippen molar-refractivity contribution < 1.29 is 0 Å². The summed E-state index contributed by atoms with van der Waals surface area (Å²) >= 11 is 0. The van der Waals surface area contributed by atoms with Gasteiger partial charge in [0.2, 0.25) is 0 Å². The van der Waals surface area contributed by atoms with Crippen LogP contribution in [0.3, 0.4) is 0 Å². The summed E-state index contributed by atoms with van der Waals surface area (Å²) in [4.78, 5) is 4.03. The molecule has 46 valence electrons. The Balaban J connectivity index is 2.61. The molecule has 0 aromatic carbocycles. The molecule has 0 fully saturated rings. The van der Waals surface area contributed by atoms with Crippen LogP contribution in [0.25, 0.3) is 0 Å². The zero-order valence-electron chi connectivity index (χ0n) is 5.04. The van der Waals surface area contributed by atoms with Crippen LogP contribution in [0, 0.1) is 7.05 Å². The third-order valence-corrected chi connectivity index (χ3v) is 1.01. The summed E-state index contributed by atoms with van der Waals surface area (Å²) in [6, 6.07) is 5.72. The Morgan fingerprint density at radius 2 is 2.44 bits per heavy atom. The lowest BCUT2D eigenvalue weighted by Crippen LogP contribution is -2.03. The third kappa shape index (κ3) is 1.82. The molecule has 2 radical (unpaired) electrons. The number of hydrogen-bond donors (Lipinski definition) is 1. The van der Waals surface area contributed by atoms with Gasteiger partial charge in [0.05, 0.1) is 5.69 Å². The predicted molar refractivity (Wildman–Crippen MR) is 35.4 cm³/mol. The second-order valence-corrected chi connectivity index (χ2v) is 1.70. The average Bonchev–Trinajstić information content (AvgIpc) is 1.91. The molecule has 0 amide bonds. The first kappa shape index (κ1) is 6.23. The molecule has 0 spiro atoms. The molecule has 9 heavy (non-hydrogen) atoms. The van der Waals surface area contributed by atoms with E-state index in [4.69, 9.17) is 7.05 Å². The number of hydrogen-bond acceptors (Lipinski definition) is 2. The summed E-state index contributed by atoms with van der Waals surface area (Å²) in [5.74, 6) is 0. The molecule has 0 atom stereocenters. The smallest absolute Gasteiger partial charge is 0.0541 e. The van der Waals surface area contributed by atoms with Crippen LogP contribution < -0.4 is 5.32 Å². The van der Waals surface area contributed by atoms with Crippen LogP contribution in [-0.2, 0) is 6.54 Å². The molecule has 0 unspecified atom stereocenters. The number of nitrogens with zero attached hydrogens (tertiary/aromatic N) is 1. The first-order valence-electron chi connectivity index (χ1n) is 2.77. The van der Waals surface area contributed by atoms with Crippen molar-refractivity contribution in [3.8, 4) is 0 Å². The standard InChI is InChI=1S/C7H8N2/c1-8-6-7-4-2-3-5-9-7/h1-5,8H,6H2. The minimum atomic E-state index is 0.626. The SMILES string of the molecule is [CH]NCc1ccccn1. The topological polar surface area (TPSA) is 24.9 Å². The molecular weight excluding hydrogens is 112 g/mol. The molecule has 1 aromatic rings. The van der Waals surface area contributed by atoms with Crippen molar-refractivity contribution in [1.82, 2.24) is 10.3 Å². The number of rotatable bonds is 2. The number of aromatic nitrogens is 1. The molecule has 0 saturated carbocycles. The highest BCUT2D eigenvalue weighted by Crippen LogP contribution is 1.90. The van der Waals surface area contributed by atoms with E-state index in [1.807, 2.05) is 18.2 Å². The predicted octanol–water partition coefficient (Wildman–Crippen LogP) is 0.840. The van der Waals surface area contributed by atoms with Gasteiger partial charge in [-0.3, -0.25) is 4.98 Å². The largest absolute Gasteiger partial charge is 0.305 e. The Morgan fingerprint density at radius 3 is 3.00 bits per heavy atom. The van der Waals surface area contributed by atoms with Gasteiger partial charge in [-0.25, -0.2) is 0 Å². The second kappa shape index (κ2) is 3.20. The molecule has 1 rings (SSSR count). The van der Waals surface area contributed by atoms with Crippen LogP contribution in [0.5, 0.6) is 0 Å². The van der Waals surface area contributed by atoms with Gasteiger partial charge in [-0.15, -0.1) is 0 Å². The van der Waals surface area contributed by atoms with Crippen molar-refractivity contribution in [2.75, 3.05) is 0 Å². The molecule has 1 heterocycles. The van der Waals surface area contributed by atoms with Crippen LogP contribution in [-0.4, -0.2) is 4.98 Å². The van der Waals surface area contributed by atoms with E-state index in [2.05, 4.69) is 10.3 Å². The lowest BCUT2D eigenvalue weighted by atomic mass is 10.3. The minimum Gasteiger partial charge on any atom is -0.305 e. The van der Waals surface area contributed by atoms with Crippen LogP contribution in [0.2, 0.25) is 0 Å². The van der Waals surface area contributed by atoms with E-state index in [9.17, 15) is 0 Å². The maximum Gasteiger partial charge on any atom is 0.0541 e. The Hall–Kier alpha value is -0.890. The fourth-order valence-electron chi connectivity index (χ4n) is 0.607. The minimum absolute atomic E-state index is 0.626. The summed E-state index contributed by atoms with van der Waals surface area (Å²) in [7, 11) is 5.07. The van der Waals surface area contributed by atoms with Crippen molar-refractivity contribution in [3.63, 3.8) is 0 Å². The molecule has 0 saturated heterocycles. The monoisotopic (exact) mass is 120 g/mol. The van der Waals surface area contributed by atoms with Gasteiger partial charge in [-0.05, 0) is 12.1 Å². The highest BCUT2D eigenvalue weighted by Gasteiger charge is 1.85. The fraction of sp³-hybridized carbons (Fsp3) is 0.143. The Bertz CT molecular complexity index is 160. The van der Waals surface area contributed by atoms with Gasteiger partial charge >= 0.3 is 0 Å². The number of nitrogens with one attached hydrogen (secondary N) is 1. The lowest BCUT2D eigenvalue weighted by Gasteiger charge is -1.94. The van der Waals surface area contributed by atoms with E-state index >= 15 is 0 Å². The van der Waals surface area contributed by atoms with Crippen molar-refractivity contribution in [2.45, 2.75) is 6.54 Å². The fourth-order valence-corrected chi connectivity index (χ4v) is 0.607. The van der Waals surface area contributed by atoms with Gasteiger partial charge in [0.25, 0.3) is 0 Å². The van der Waals surface area contributed by atoms with Gasteiger partial charge in [0.15, 0.2) is 0 Å². The molecule has 2 heteroatoms. The molecule has 0 bridgehead atoms. The van der Waals surface area contributed by atoms with Crippen molar-refractivity contribution in [1.29, 1.82) is 0 Å². The first-order valence-corrected chi connectivity index (χ1v) is 2.77. The lowest BCUT2D eigenvalue weighted by molar-refractivity contribution is 0.833. The van der Waals surface area contributed by atoms with Gasteiger partial charge in [-0.2, -0.15) is 0 Å². The normalized spacial score (nSPS) is 9.44. The van der Waals surface area contributed by atoms with Crippen LogP contribution >= 0.6 is 0 Å². The molecule has 0 aliphatic rings. The highest BCUT2D eigenvalue weighted by molar-refractivity contribution is 5.02. The van der Waals surface area contributed by atoms with E-state index in [0.717, 1.165) is 5.69 Å². The summed E-state index contributed by atoms with van der Waals surface area (Å²) in [5, 5.41) is 2.52. The summed E-state index contributed by atoms with van der Waals surface area (Å²) in [6.07, 6.45) is 1.74. The molecule has 2 nitrogen and oxygen atoms in total. The third-order valence-electron chi connectivity index (χ3n) is 1.01. The van der Waals surface area contributed by atoms with E-state index in [0.29, 0.717) is 6.54 Å². The van der Waals surface area contributed by atoms with Gasteiger partial charge in [0.1, 0.15) is 0 Å². The van der Waals surface area contributed by atoms with Crippen molar-refractivity contribution in [3.05, 3.63) is 37.1 Å². The maximum absolute atomic E-state index is 5.07. The van der Waals surface area contributed by atoms with Crippen molar-refractivity contribution in [2.24, 2.45) is 0 Å². The van der Waals surface area contributed by atoms with E-state index in [1.165, 1.54) is 0 Å². The molecular formula is C7H8N2. The van der Waals surface area contributed by atoms with Gasteiger partial charge in [-0.1, -0.05) is 6.07 Å². The zero-order valence-corrected chi connectivity index (χ0v) is 5.04. The molecule has 0 aliphatic heterocycles. The van der Waals surface area contributed by atoms with Crippen molar-refractivity contribution >= 4 is 0 Å². The Morgan fingerprint density at radius 1 is 1.56 bits per heavy atom. The van der Waals surface area contributed by atoms with E-state index in [-0.39, 0.29) is 0 Å².